The van der Waals surface area contributed by atoms with Gasteiger partial charge in [0, 0.05) is 24.8 Å². The van der Waals surface area contributed by atoms with Crippen molar-refractivity contribution in [1.82, 2.24) is 0 Å². The van der Waals surface area contributed by atoms with Crippen LogP contribution in [0.1, 0.15) is 18.4 Å². The van der Waals surface area contributed by atoms with Crippen LogP contribution in [0.5, 0.6) is 11.5 Å². The summed E-state index contributed by atoms with van der Waals surface area (Å²) in [5.74, 6) is -1.24. The topological polar surface area (TPSA) is 87.0 Å². The first-order valence-electron chi connectivity index (χ1n) is 5.40. The molecular formula is C12H14O5. The van der Waals surface area contributed by atoms with E-state index in [1.54, 1.807) is 0 Å². The van der Waals surface area contributed by atoms with Crippen molar-refractivity contribution in [3.63, 3.8) is 0 Å². The summed E-state index contributed by atoms with van der Waals surface area (Å²) in [7, 11) is 0. The molecule has 0 aliphatic carbocycles. The average Bonchev–Trinajstić information content (AvgIpc) is 2.29. The Hall–Kier alpha value is -1.75. The zero-order chi connectivity index (χ0) is 12.5. The summed E-state index contributed by atoms with van der Waals surface area (Å²) in [6.45, 7) is 0.708. The Bertz CT molecular complexity index is 435. The van der Waals surface area contributed by atoms with E-state index < -0.39 is 11.4 Å². The molecule has 5 heteroatoms. The number of carbonyl (C=O) groups is 1. The minimum atomic E-state index is -1.12. The predicted octanol–water partition coefficient (Wildman–Crippen LogP) is 1.23. The van der Waals surface area contributed by atoms with Crippen molar-refractivity contribution in [3.8, 4) is 11.5 Å². The molecule has 0 aromatic heterocycles. The predicted molar refractivity (Wildman–Crippen MR) is 59.1 cm³/mol. The molecule has 1 fully saturated rings. The van der Waals surface area contributed by atoms with Crippen LogP contribution >= 0.6 is 0 Å². The number of carboxylic acid groups (broad SMARTS) is 1. The highest BCUT2D eigenvalue weighted by Gasteiger charge is 2.43. The van der Waals surface area contributed by atoms with Gasteiger partial charge in [0.2, 0.25) is 0 Å². The fraction of sp³-hybridized carbons (Fsp3) is 0.417. The molecule has 0 unspecified atom stereocenters. The third-order valence-corrected chi connectivity index (χ3v) is 3.25. The maximum absolute atomic E-state index is 11.5. The molecule has 0 saturated carbocycles. The SMILES string of the molecule is O=C(O)C1(c2ccc(O)cc2O)CCOCC1. The second kappa shape index (κ2) is 4.25. The van der Waals surface area contributed by atoms with Crippen LogP contribution in [0.2, 0.25) is 0 Å². The van der Waals surface area contributed by atoms with Gasteiger partial charge in [-0.15, -0.1) is 0 Å². The van der Waals surface area contributed by atoms with Gasteiger partial charge in [0.1, 0.15) is 16.9 Å². The van der Waals surface area contributed by atoms with Gasteiger partial charge in [-0.25, -0.2) is 0 Å². The van der Waals surface area contributed by atoms with Crippen LogP contribution in [0.3, 0.4) is 0 Å². The Balaban J connectivity index is 2.49. The Kier molecular flexibility index (Phi) is 2.93. The number of rotatable bonds is 2. The zero-order valence-electron chi connectivity index (χ0n) is 9.22. The van der Waals surface area contributed by atoms with Gasteiger partial charge in [-0.2, -0.15) is 0 Å². The van der Waals surface area contributed by atoms with Crippen molar-refractivity contribution in [3.05, 3.63) is 23.8 Å². The Labute approximate surface area is 98.3 Å². The van der Waals surface area contributed by atoms with E-state index in [1.807, 2.05) is 0 Å². The second-order valence-corrected chi connectivity index (χ2v) is 4.20. The Morgan fingerprint density at radius 2 is 1.88 bits per heavy atom. The first-order chi connectivity index (χ1) is 8.06. The first kappa shape index (κ1) is 11.7. The van der Waals surface area contributed by atoms with Crippen molar-refractivity contribution < 1.29 is 24.9 Å². The van der Waals surface area contributed by atoms with E-state index >= 15 is 0 Å². The summed E-state index contributed by atoms with van der Waals surface area (Å²) in [4.78, 5) is 11.5. The number of aromatic hydroxyl groups is 2. The number of phenols is 2. The van der Waals surface area contributed by atoms with Crippen LogP contribution in [0.25, 0.3) is 0 Å². The highest BCUT2D eigenvalue weighted by atomic mass is 16.5. The number of hydrogen-bond donors (Lipinski definition) is 3. The van der Waals surface area contributed by atoms with Crippen molar-refractivity contribution in [1.29, 1.82) is 0 Å². The molecule has 0 bridgehead atoms. The van der Waals surface area contributed by atoms with Gasteiger partial charge in [0.15, 0.2) is 0 Å². The molecule has 1 saturated heterocycles. The number of hydrogen-bond acceptors (Lipinski definition) is 4. The molecule has 0 spiro atoms. The smallest absolute Gasteiger partial charge is 0.314 e. The summed E-state index contributed by atoms with van der Waals surface area (Å²) in [5.41, 5.74) is -0.776. The van der Waals surface area contributed by atoms with Gasteiger partial charge in [0.05, 0.1) is 0 Å². The molecule has 1 aliphatic rings. The maximum atomic E-state index is 11.5. The summed E-state index contributed by atoms with van der Waals surface area (Å²) >= 11 is 0. The van der Waals surface area contributed by atoms with E-state index in [9.17, 15) is 20.1 Å². The standard InChI is InChI=1S/C12H14O5/c13-8-1-2-9(10(14)7-8)12(11(15)16)3-5-17-6-4-12/h1-2,7,13-14H,3-6H2,(H,15,16). The molecule has 0 radical (unpaired) electrons. The van der Waals surface area contributed by atoms with Crippen LogP contribution in [0.15, 0.2) is 18.2 Å². The number of phenolic OH excluding ortho intramolecular Hbond substituents is 2. The Morgan fingerprint density at radius 1 is 1.24 bits per heavy atom. The third-order valence-electron chi connectivity index (χ3n) is 3.25. The van der Waals surface area contributed by atoms with E-state index in [-0.39, 0.29) is 11.5 Å². The number of benzene rings is 1. The normalized spacial score (nSPS) is 18.8. The molecule has 2 rings (SSSR count). The van der Waals surface area contributed by atoms with Gasteiger partial charge >= 0.3 is 5.97 Å². The van der Waals surface area contributed by atoms with Crippen LogP contribution in [-0.2, 0) is 14.9 Å². The molecule has 92 valence electrons. The zero-order valence-corrected chi connectivity index (χ0v) is 9.22. The number of ether oxygens (including phenoxy) is 1. The summed E-state index contributed by atoms with van der Waals surface area (Å²) in [6.07, 6.45) is 0.640. The van der Waals surface area contributed by atoms with Crippen LogP contribution in [0.4, 0.5) is 0 Å². The lowest BCUT2D eigenvalue weighted by molar-refractivity contribution is -0.147. The van der Waals surface area contributed by atoms with Crippen molar-refractivity contribution in [2.45, 2.75) is 18.3 Å². The highest BCUT2D eigenvalue weighted by Crippen LogP contribution is 2.40. The number of aliphatic carboxylic acids is 1. The average molecular weight is 238 g/mol. The van der Waals surface area contributed by atoms with E-state index in [0.29, 0.717) is 31.6 Å². The van der Waals surface area contributed by atoms with E-state index in [0.717, 1.165) is 6.07 Å². The molecule has 5 nitrogen and oxygen atoms in total. The van der Waals surface area contributed by atoms with Gasteiger partial charge in [0.25, 0.3) is 0 Å². The second-order valence-electron chi connectivity index (χ2n) is 4.20. The molecule has 3 N–H and O–H groups in total. The lowest BCUT2D eigenvalue weighted by atomic mass is 9.74. The van der Waals surface area contributed by atoms with Crippen LogP contribution in [-0.4, -0.2) is 34.5 Å². The summed E-state index contributed by atoms with van der Waals surface area (Å²) in [5, 5.41) is 28.4. The molecule has 0 amide bonds. The molecule has 1 heterocycles. The Morgan fingerprint density at radius 3 is 2.41 bits per heavy atom. The van der Waals surface area contributed by atoms with Crippen LogP contribution in [0, 0.1) is 0 Å². The van der Waals surface area contributed by atoms with E-state index in [1.165, 1.54) is 12.1 Å². The lowest BCUT2D eigenvalue weighted by Gasteiger charge is -2.33. The number of carboxylic acids is 1. The summed E-state index contributed by atoms with van der Waals surface area (Å²) < 4.78 is 5.17. The molecule has 1 aromatic carbocycles. The lowest BCUT2D eigenvalue weighted by Crippen LogP contribution is -2.41. The molecule has 17 heavy (non-hydrogen) atoms. The molecular weight excluding hydrogens is 224 g/mol. The highest BCUT2D eigenvalue weighted by molar-refractivity contribution is 5.82. The summed E-state index contributed by atoms with van der Waals surface area (Å²) in [6, 6.07) is 4.01. The van der Waals surface area contributed by atoms with E-state index in [4.69, 9.17) is 4.74 Å². The fourth-order valence-corrected chi connectivity index (χ4v) is 2.24. The fourth-order valence-electron chi connectivity index (χ4n) is 2.24. The van der Waals surface area contributed by atoms with Crippen LogP contribution < -0.4 is 0 Å². The van der Waals surface area contributed by atoms with E-state index in [2.05, 4.69) is 0 Å². The van der Waals surface area contributed by atoms with Gasteiger partial charge < -0.3 is 20.1 Å². The molecule has 1 aliphatic heterocycles. The third kappa shape index (κ3) is 1.93. The van der Waals surface area contributed by atoms with Gasteiger partial charge in [-0.1, -0.05) is 6.07 Å². The van der Waals surface area contributed by atoms with Gasteiger partial charge in [-0.3, -0.25) is 4.79 Å². The first-order valence-corrected chi connectivity index (χ1v) is 5.40. The molecule has 0 atom stereocenters. The van der Waals surface area contributed by atoms with Crippen molar-refractivity contribution in [2.24, 2.45) is 0 Å². The molecule has 1 aromatic rings. The largest absolute Gasteiger partial charge is 0.508 e. The van der Waals surface area contributed by atoms with Crippen molar-refractivity contribution >= 4 is 5.97 Å². The monoisotopic (exact) mass is 238 g/mol. The van der Waals surface area contributed by atoms with Gasteiger partial charge in [-0.05, 0) is 18.9 Å². The minimum absolute atomic E-state index is 0.0844. The minimum Gasteiger partial charge on any atom is -0.508 e. The maximum Gasteiger partial charge on any atom is 0.314 e. The quantitative estimate of drug-likeness (QED) is 0.721. The van der Waals surface area contributed by atoms with Crippen molar-refractivity contribution in [2.75, 3.05) is 13.2 Å².